The number of carbonyl (C=O) groups is 2. The van der Waals surface area contributed by atoms with Crippen LogP contribution < -0.4 is 14.8 Å². The molecule has 0 saturated heterocycles. The number of ether oxygens (including phenoxy) is 3. The Morgan fingerprint density at radius 1 is 1.16 bits per heavy atom. The van der Waals surface area contributed by atoms with Crippen LogP contribution in [0.25, 0.3) is 6.08 Å². The van der Waals surface area contributed by atoms with E-state index >= 15 is 0 Å². The molecular formula is C18H19NO5S. The van der Waals surface area contributed by atoms with Crippen molar-refractivity contribution in [1.82, 2.24) is 5.32 Å². The van der Waals surface area contributed by atoms with Crippen molar-refractivity contribution in [3.05, 3.63) is 52.2 Å². The molecule has 6 nitrogen and oxygen atoms in total. The van der Waals surface area contributed by atoms with Crippen LogP contribution in [0.15, 0.2) is 41.1 Å². The summed E-state index contributed by atoms with van der Waals surface area (Å²) in [6, 6.07) is 7.23. The highest BCUT2D eigenvalue weighted by Crippen LogP contribution is 2.27. The molecule has 2 rings (SSSR count). The number of thiophene rings is 1. The third-order valence-corrected chi connectivity index (χ3v) is 3.94. The molecule has 0 fully saturated rings. The first-order valence-electron chi connectivity index (χ1n) is 7.47. The standard InChI is InChI=1S/C18H19NO5S/c1-22-15-5-3-14(9-16(15)23-2)10-19-17(20)11-24-18(21)6-4-13-7-8-25-12-13/h3-9,12H,10-11H2,1-2H3,(H,19,20)/b6-4+. The zero-order valence-corrected chi connectivity index (χ0v) is 14.8. The van der Waals surface area contributed by atoms with E-state index in [2.05, 4.69) is 5.32 Å². The van der Waals surface area contributed by atoms with E-state index in [9.17, 15) is 9.59 Å². The van der Waals surface area contributed by atoms with Crippen LogP contribution in [0.2, 0.25) is 0 Å². The highest BCUT2D eigenvalue weighted by atomic mass is 32.1. The van der Waals surface area contributed by atoms with Gasteiger partial charge >= 0.3 is 5.97 Å². The molecule has 0 aliphatic rings. The summed E-state index contributed by atoms with van der Waals surface area (Å²) in [7, 11) is 3.10. The van der Waals surface area contributed by atoms with Gasteiger partial charge in [0.2, 0.25) is 0 Å². The van der Waals surface area contributed by atoms with Crippen LogP contribution in [0.5, 0.6) is 11.5 Å². The molecule has 1 N–H and O–H groups in total. The Hall–Kier alpha value is -2.80. The van der Waals surface area contributed by atoms with Gasteiger partial charge < -0.3 is 19.5 Å². The molecule has 1 aromatic carbocycles. The summed E-state index contributed by atoms with van der Waals surface area (Å²) in [4.78, 5) is 23.3. The largest absolute Gasteiger partial charge is 0.493 e. The third-order valence-electron chi connectivity index (χ3n) is 3.24. The lowest BCUT2D eigenvalue weighted by Gasteiger charge is -2.10. The van der Waals surface area contributed by atoms with Gasteiger partial charge in [0.05, 0.1) is 14.2 Å². The molecule has 1 amide bonds. The topological polar surface area (TPSA) is 73.9 Å². The number of esters is 1. The molecule has 0 spiro atoms. The van der Waals surface area contributed by atoms with E-state index in [0.29, 0.717) is 18.0 Å². The molecule has 0 aliphatic carbocycles. The van der Waals surface area contributed by atoms with Crippen LogP contribution >= 0.6 is 11.3 Å². The maximum Gasteiger partial charge on any atom is 0.331 e. The van der Waals surface area contributed by atoms with E-state index in [-0.39, 0.29) is 12.5 Å². The zero-order valence-electron chi connectivity index (χ0n) is 14.0. The Morgan fingerprint density at radius 3 is 2.64 bits per heavy atom. The van der Waals surface area contributed by atoms with Gasteiger partial charge in [-0.3, -0.25) is 4.79 Å². The molecule has 7 heteroatoms. The van der Waals surface area contributed by atoms with Crippen molar-refractivity contribution in [2.45, 2.75) is 6.54 Å². The molecular weight excluding hydrogens is 342 g/mol. The van der Waals surface area contributed by atoms with Gasteiger partial charge in [-0.1, -0.05) is 6.07 Å². The summed E-state index contributed by atoms with van der Waals surface area (Å²) in [6.07, 6.45) is 2.93. The number of carbonyl (C=O) groups excluding carboxylic acids is 2. The minimum Gasteiger partial charge on any atom is -0.493 e. The second kappa shape index (κ2) is 9.48. The van der Waals surface area contributed by atoms with Gasteiger partial charge in [0.15, 0.2) is 18.1 Å². The normalized spacial score (nSPS) is 10.5. The second-order valence-electron chi connectivity index (χ2n) is 4.96. The molecule has 0 saturated carbocycles. The number of benzene rings is 1. The summed E-state index contributed by atoms with van der Waals surface area (Å²) in [5, 5.41) is 6.49. The van der Waals surface area contributed by atoms with E-state index in [0.717, 1.165) is 11.1 Å². The van der Waals surface area contributed by atoms with Crippen molar-refractivity contribution in [3.63, 3.8) is 0 Å². The molecule has 0 aliphatic heterocycles. The Kier molecular flexibility index (Phi) is 7.03. The molecule has 0 unspecified atom stereocenters. The minimum atomic E-state index is -0.563. The molecule has 1 aromatic heterocycles. The molecule has 25 heavy (non-hydrogen) atoms. The van der Waals surface area contributed by atoms with Crippen LogP contribution in [0.1, 0.15) is 11.1 Å². The number of rotatable bonds is 8. The fourth-order valence-electron chi connectivity index (χ4n) is 1.96. The van der Waals surface area contributed by atoms with Crippen LogP contribution in [-0.4, -0.2) is 32.7 Å². The molecule has 2 aromatic rings. The number of hydrogen-bond donors (Lipinski definition) is 1. The molecule has 0 atom stereocenters. The number of hydrogen-bond acceptors (Lipinski definition) is 6. The molecule has 0 radical (unpaired) electrons. The van der Waals surface area contributed by atoms with Gasteiger partial charge in [0.1, 0.15) is 0 Å². The lowest BCUT2D eigenvalue weighted by molar-refractivity contribution is -0.143. The predicted molar refractivity (Wildman–Crippen MR) is 95.7 cm³/mol. The van der Waals surface area contributed by atoms with Crippen LogP contribution in [0.4, 0.5) is 0 Å². The SMILES string of the molecule is COc1ccc(CNC(=O)COC(=O)/C=C/c2ccsc2)cc1OC. The number of nitrogens with one attached hydrogen (secondary N) is 1. The Labute approximate surface area is 150 Å². The Bertz CT molecular complexity index is 740. The fraction of sp³-hybridized carbons (Fsp3) is 0.222. The fourth-order valence-corrected chi connectivity index (χ4v) is 2.59. The van der Waals surface area contributed by atoms with Gasteiger partial charge in [-0.15, -0.1) is 0 Å². The summed E-state index contributed by atoms with van der Waals surface area (Å²) in [5.74, 6) is 0.252. The molecule has 0 bridgehead atoms. The second-order valence-corrected chi connectivity index (χ2v) is 5.74. The van der Waals surface area contributed by atoms with Crippen molar-refractivity contribution in [2.24, 2.45) is 0 Å². The quantitative estimate of drug-likeness (QED) is 0.578. The Morgan fingerprint density at radius 2 is 1.96 bits per heavy atom. The first-order valence-corrected chi connectivity index (χ1v) is 8.41. The summed E-state index contributed by atoms with van der Waals surface area (Å²) >= 11 is 1.53. The summed E-state index contributed by atoms with van der Waals surface area (Å²) < 4.78 is 15.3. The van der Waals surface area contributed by atoms with Crippen LogP contribution in [0, 0.1) is 0 Å². The van der Waals surface area contributed by atoms with Crippen molar-refractivity contribution < 1.29 is 23.8 Å². The van der Waals surface area contributed by atoms with E-state index < -0.39 is 5.97 Å². The third kappa shape index (κ3) is 5.96. The van der Waals surface area contributed by atoms with Gasteiger partial charge in [-0.05, 0) is 46.2 Å². The maximum absolute atomic E-state index is 11.8. The van der Waals surface area contributed by atoms with E-state index in [4.69, 9.17) is 14.2 Å². The zero-order chi connectivity index (χ0) is 18.1. The average molecular weight is 361 g/mol. The smallest absolute Gasteiger partial charge is 0.331 e. The van der Waals surface area contributed by atoms with Gasteiger partial charge in [-0.2, -0.15) is 11.3 Å². The lowest BCUT2D eigenvalue weighted by atomic mass is 10.2. The average Bonchev–Trinajstić information content (AvgIpc) is 3.16. The van der Waals surface area contributed by atoms with Gasteiger partial charge in [0, 0.05) is 12.6 Å². The summed E-state index contributed by atoms with van der Waals surface area (Å²) in [6.45, 7) is -0.0401. The maximum atomic E-state index is 11.8. The van der Waals surface area contributed by atoms with E-state index in [1.54, 1.807) is 32.4 Å². The van der Waals surface area contributed by atoms with Gasteiger partial charge in [-0.25, -0.2) is 4.79 Å². The summed E-state index contributed by atoms with van der Waals surface area (Å²) in [5.41, 5.74) is 1.76. The van der Waals surface area contributed by atoms with E-state index in [1.807, 2.05) is 22.9 Å². The Balaban J connectivity index is 1.76. The van der Waals surface area contributed by atoms with Crippen molar-refractivity contribution in [1.29, 1.82) is 0 Å². The predicted octanol–water partition coefficient (Wildman–Crippen LogP) is 2.64. The monoisotopic (exact) mass is 361 g/mol. The number of amides is 1. The lowest BCUT2D eigenvalue weighted by Crippen LogP contribution is -2.28. The van der Waals surface area contributed by atoms with Crippen LogP contribution in [0.3, 0.4) is 0 Å². The first-order chi connectivity index (χ1) is 12.1. The van der Waals surface area contributed by atoms with E-state index in [1.165, 1.54) is 17.4 Å². The highest BCUT2D eigenvalue weighted by Gasteiger charge is 2.07. The highest BCUT2D eigenvalue weighted by molar-refractivity contribution is 7.08. The first kappa shape index (κ1) is 18.5. The van der Waals surface area contributed by atoms with Crippen molar-refractivity contribution >= 4 is 29.3 Å². The molecule has 1 heterocycles. The number of methoxy groups -OCH3 is 2. The van der Waals surface area contributed by atoms with Crippen molar-refractivity contribution in [2.75, 3.05) is 20.8 Å². The van der Waals surface area contributed by atoms with Crippen molar-refractivity contribution in [3.8, 4) is 11.5 Å². The minimum absolute atomic E-state index is 0.293. The van der Waals surface area contributed by atoms with Crippen LogP contribution in [-0.2, 0) is 20.9 Å². The molecule has 132 valence electrons. The van der Waals surface area contributed by atoms with Gasteiger partial charge in [0.25, 0.3) is 5.91 Å².